The fourth-order valence-corrected chi connectivity index (χ4v) is 1.90. The Kier molecular flexibility index (Phi) is 4.04. The van der Waals surface area contributed by atoms with Crippen molar-refractivity contribution < 1.29 is 31.1 Å². The van der Waals surface area contributed by atoms with Crippen molar-refractivity contribution in [2.45, 2.75) is 12.4 Å². The van der Waals surface area contributed by atoms with E-state index in [-0.39, 0.29) is 11.3 Å². The van der Waals surface area contributed by atoms with E-state index in [0.29, 0.717) is 0 Å². The number of pyridine rings is 1. The van der Waals surface area contributed by atoms with E-state index in [2.05, 4.69) is 4.98 Å². The van der Waals surface area contributed by atoms with Gasteiger partial charge in [0.05, 0.1) is 12.7 Å². The Morgan fingerprint density at radius 3 is 1.91 bits per heavy atom. The molecule has 0 N–H and O–H groups in total. The molecule has 0 amide bonds. The van der Waals surface area contributed by atoms with Gasteiger partial charge in [0.1, 0.15) is 11.3 Å². The highest BCUT2D eigenvalue weighted by molar-refractivity contribution is 5.68. The van der Waals surface area contributed by atoms with Crippen molar-refractivity contribution in [2.24, 2.45) is 0 Å². The number of hydrogen-bond acceptors (Lipinski definition) is 2. The first-order chi connectivity index (χ1) is 10.1. The number of methoxy groups -OCH3 is 1. The van der Waals surface area contributed by atoms with E-state index in [9.17, 15) is 26.3 Å². The van der Waals surface area contributed by atoms with E-state index < -0.39 is 29.2 Å². The van der Waals surface area contributed by atoms with Crippen LogP contribution >= 0.6 is 0 Å². The highest BCUT2D eigenvalue weighted by Crippen LogP contribution is 2.41. The molecular formula is C14H9F6NO. The van der Waals surface area contributed by atoms with Crippen LogP contribution < -0.4 is 4.74 Å². The molecule has 0 aliphatic carbocycles. The van der Waals surface area contributed by atoms with E-state index in [1.807, 2.05) is 0 Å². The van der Waals surface area contributed by atoms with Gasteiger partial charge < -0.3 is 4.74 Å². The molecule has 0 fully saturated rings. The number of nitrogens with zero attached hydrogens (tertiary/aromatic N) is 1. The van der Waals surface area contributed by atoms with Crippen LogP contribution in [0, 0.1) is 0 Å². The van der Waals surface area contributed by atoms with Gasteiger partial charge in [0.2, 0.25) is 0 Å². The van der Waals surface area contributed by atoms with Crippen molar-refractivity contribution in [3.8, 4) is 17.0 Å². The van der Waals surface area contributed by atoms with Crippen molar-refractivity contribution in [3.63, 3.8) is 0 Å². The number of hydrogen-bond donors (Lipinski definition) is 0. The first-order valence-corrected chi connectivity index (χ1v) is 5.92. The Balaban J connectivity index is 2.54. The Labute approximate surface area is 121 Å². The third-order valence-corrected chi connectivity index (χ3v) is 2.90. The van der Waals surface area contributed by atoms with Crippen LogP contribution in [0.25, 0.3) is 11.3 Å². The van der Waals surface area contributed by atoms with Gasteiger partial charge in [-0.2, -0.15) is 26.3 Å². The van der Waals surface area contributed by atoms with Crippen LogP contribution in [0.3, 0.4) is 0 Å². The molecule has 1 heterocycles. The summed E-state index contributed by atoms with van der Waals surface area (Å²) in [6.45, 7) is 0. The molecule has 0 unspecified atom stereocenters. The molecule has 22 heavy (non-hydrogen) atoms. The topological polar surface area (TPSA) is 22.1 Å². The van der Waals surface area contributed by atoms with E-state index in [1.54, 1.807) is 0 Å². The second kappa shape index (κ2) is 5.51. The molecule has 0 bridgehead atoms. The van der Waals surface area contributed by atoms with E-state index in [1.165, 1.54) is 0 Å². The third-order valence-electron chi connectivity index (χ3n) is 2.90. The first kappa shape index (κ1) is 16.1. The maximum Gasteiger partial charge on any atom is 0.420 e. The van der Waals surface area contributed by atoms with Crippen LogP contribution in [-0.2, 0) is 12.4 Å². The zero-order valence-corrected chi connectivity index (χ0v) is 11.1. The molecule has 0 spiro atoms. The van der Waals surface area contributed by atoms with Gasteiger partial charge in [0, 0.05) is 11.8 Å². The molecular weight excluding hydrogens is 312 g/mol. The van der Waals surface area contributed by atoms with Crippen LogP contribution in [0.5, 0.6) is 5.75 Å². The number of alkyl halides is 6. The van der Waals surface area contributed by atoms with Crippen molar-refractivity contribution in [1.29, 1.82) is 0 Å². The zero-order chi connectivity index (χ0) is 16.5. The summed E-state index contributed by atoms with van der Waals surface area (Å²) in [5, 5.41) is 0. The summed E-state index contributed by atoms with van der Waals surface area (Å²) in [5.41, 5.74) is -2.02. The van der Waals surface area contributed by atoms with Crippen molar-refractivity contribution in [1.82, 2.24) is 4.98 Å². The third kappa shape index (κ3) is 3.15. The lowest BCUT2D eigenvalue weighted by Crippen LogP contribution is -2.09. The van der Waals surface area contributed by atoms with Gasteiger partial charge in [-0.1, -0.05) is 12.1 Å². The smallest absolute Gasteiger partial charge is 0.420 e. The number of halogens is 6. The fourth-order valence-electron chi connectivity index (χ4n) is 1.90. The molecule has 0 radical (unpaired) electrons. The molecule has 0 atom stereocenters. The molecule has 1 aromatic carbocycles. The Morgan fingerprint density at radius 2 is 1.45 bits per heavy atom. The molecule has 2 aromatic rings. The van der Waals surface area contributed by atoms with Gasteiger partial charge in [0.25, 0.3) is 0 Å². The predicted molar refractivity (Wildman–Crippen MR) is 66.2 cm³/mol. The van der Waals surface area contributed by atoms with Gasteiger partial charge in [0.15, 0.2) is 5.75 Å². The molecule has 8 heteroatoms. The Hall–Kier alpha value is -2.25. The highest BCUT2D eigenvalue weighted by Gasteiger charge is 2.36. The monoisotopic (exact) mass is 321 g/mol. The van der Waals surface area contributed by atoms with Crippen molar-refractivity contribution in [3.05, 3.63) is 47.7 Å². The average Bonchev–Trinajstić information content (AvgIpc) is 2.44. The van der Waals surface area contributed by atoms with Crippen LogP contribution in [0.2, 0.25) is 0 Å². The van der Waals surface area contributed by atoms with Crippen LogP contribution in [0.4, 0.5) is 26.3 Å². The Bertz CT molecular complexity index is 661. The lowest BCUT2D eigenvalue weighted by molar-refractivity contribution is -0.139. The number of rotatable bonds is 2. The van der Waals surface area contributed by atoms with Crippen molar-refractivity contribution in [2.75, 3.05) is 7.11 Å². The van der Waals surface area contributed by atoms with Gasteiger partial charge in [-0.25, -0.2) is 0 Å². The minimum absolute atomic E-state index is 0.0935. The number of ether oxygens (including phenoxy) is 1. The maximum atomic E-state index is 12.9. The largest absolute Gasteiger partial charge is 0.494 e. The molecule has 0 saturated carbocycles. The highest BCUT2D eigenvalue weighted by atomic mass is 19.4. The summed E-state index contributed by atoms with van der Waals surface area (Å²) in [6, 6.07) is 4.39. The second-order valence-corrected chi connectivity index (χ2v) is 4.31. The minimum atomic E-state index is -4.66. The molecule has 1 aromatic heterocycles. The van der Waals surface area contributed by atoms with Gasteiger partial charge in [-0.05, 0) is 18.2 Å². The van der Waals surface area contributed by atoms with Crippen molar-refractivity contribution >= 4 is 0 Å². The number of benzene rings is 1. The summed E-state index contributed by atoms with van der Waals surface area (Å²) in [7, 11) is 1.04. The minimum Gasteiger partial charge on any atom is -0.494 e. The van der Waals surface area contributed by atoms with Crippen LogP contribution in [-0.4, -0.2) is 12.1 Å². The van der Waals surface area contributed by atoms with E-state index >= 15 is 0 Å². The normalized spacial score (nSPS) is 12.3. The van der Waals surface area contributed by atoms with Gasteiger partial charge >= 0.3 is 12.4 Å². The van der Waals surface area contributed by atoms with Gasteiger partial charge in [-0.15, -0.1) is 0 Å². The summed E-state index contributed by atoms with van der Waals surface area (Å²) in [5.74, 6) is -0.533. The zero-order valence-electron chi connectivity index (χ0n) is 11.1. The Morgan fingerprint density at radius 1 is 0.864 bits per heavy atom. The van der Waals surface area contributed by atoms with Gasteiger partial charge in [-0.3, -0.25) is 4.98 Å². The van der Waals surface area contributed by atoms with Crippen LogP contribution in [0.1, 0.15) is 11.1 Å². The molecule has 118 valence electrons. The van der Waals surface area contributed by atoms with E-state index in [0.717, 1.165) is 43.6 Å². The van der Waals surface area contributed by atoms with Crippen LogP contribution in [0.15, 0.2) is 36.5 Å². The summed E-state index contributed by atoms with van der Waals surface area (Å²) >= 11 is 0. The summed E-state index contributed by atoms with van der Waals surface area (Å²) in [4.78, 5) is 3.78. The predicted octanol–water partition coefficient (Wildman–Crippen LogP) is 4.79. The molecule has 2 nitrogen and oxygen atoms in total. The lowest BCUT2D eigenvalue weighted by Gasteiger charge is -2.15. The quantitative estimate of drug-likeness (QED) is 0.742. The summed E-state index contributed by atoms with van der Waals surface area (Å²) < 4.78 is 80.9. The maximum absolute atomic E-state index is 12.9. The van der Waals surface area contributed by atoms with E-state index in [4.69, 9.17) is 4.74 Å². The SMILES string of the molecule is COc1c(C(F)(F)F)ccnc1-c1ccc(C(F)(F)F)cc1. The first-order valence-electron chi connectivity index (χ1n) is 5.92. The molecule has 0 saturated heterocycles. The fraction of sp³-hybridized carbons (Fsp3) is 0.214. The second-order valence-electron chi connectivity index (χ2n) is 4.31. The lowest BCUT2D eigenvalue weighted by atomic mass is 10.1. The molecule has 0 aliphatic heterocycles. The number of aromatic nitrogens is 1. The molecule has 0 aliphatic rings. The summed E-state index contributed by atoms with van der Waals surface area (Å²) in [6.07, 6.45) is -8.25. The standard InChI is InChI=1S/C14H9F6NO/c1-22-12-10(14(18,19)20)6-7-21-11(12)8-2-4-9(5-3-8)13(15,16)17/h2-7H,1H3. The average molecular weight is 321 g/mol. The molecule has 2 rings (SSSR count).